The molecule has 3 heterocycles. The Balaban J connectivity index is 1.60. The van der Waals surface area contributed by atoms with Crippen molar-refractivity contribution in [2.24, 2.45) is 5.92 Å². The number of hydrogen-bond donors (Lipinski definition) is 0. The fraction of sp³-hybridized carbons (Fsp3) is 0.400. The van der Waals surface area contributed by atoms with Gasteiger partial charge in [-0.25, -0.2) is 9.97 Å². The van der Waals surface area contributed by atoms with E-state index in [1.165, 1.54) is 16.6 Å². The zero-order valence-electron chi connectivity index (χ0n) is 21.7. The zero-order valence-corrected chi connectivity index (χ0v) is 21.7. The maximum atomic E-state index is 5.59. The van der Waals surface area contributed by atoms with Gasteiger partial charge in [0.05, 0.1) is 25.3 Å². The van der Waals surface area contributed by atoms with Crippen molar-refractivity contribution in [1.82, 2.24) is 19.4 Å². The van der Waals surface area contributed by atoms with Crippen LogP contribution in [-0.4, -0.2) is 45.7 Å². The summed E-state index contributed by atoms with van der Waals surface area (Å²) in [5.74, 6) is 2.60. The van der Waals surface area contributed by atoms with E-state index in [2.05, 4.69) is 102 Å². The highest BCUT2D eigenvalue weighted by molar-refractivity contribution is 5.87. The van der Waals surface area contributed by atoms with Gasteiger partial charge >= 0.3 is 0 Å². The highest BCUT2D eigenvalue weighted by atomic mass is 16.5. The summed E-state index contributed by atoms with van der Waals surface area (Å²) in [6.45, 7) is 13.4. The SMILES string of the molecule is Cc1cc2c(nc(CN3CCOCC3)n2CC(C)C)c(N(Cc2ccccc2)Cc2ccccc2)n1. The summed E-state index contributed by atoms with van der Waals surface area (Å²) < 4.78 is 8.01. The summed E-state index contributed by atoms with van der Waals surface area (Å²) in [5.41, 5.74) is 5.73. The van der Waals surface area contributed by atoms with Crippen molar-refractivity contribution >= 4 is 16.9 Å². The quantitative estimate of drug-likeness (QED) is 0.317. The second-order valence-electron chi connectivity index (χ2n) is 10.2. The first-order valence-electron chi connectivity index (χ1n) is 13.1. The Hall–Kier alpha value is -3.22. The maximum Gasteiger partial charge on any atom is 0.157 e. The van der Waals surface area contributed by atoms with E-state index in [1.54, 1.807) is 0 Å². The van der Waals surface area contributed by atoms with E-state index in [-0.39, 0.29) is 0 Å². The Labute approximate surface area is 214 Å². The van der Waals surface area contributed by atoms with Gasteiger partial charge in [-0.05, 0) is 30.0 Å². The van der Waals surface area contributed by atoms with Gasteiger partial charge in [-0.2, -0.15) is 0 Å². The molecule has 5 rings (SSSR count). The third kappa shape index (κ3) is 5.77. The molecular formula is C30H37N5O. The molecule has 0 aliphatic carbocycles. The van der Waals surface area contributed by atoms with Crippen LogP contribution < -0.4 is 4.90 Å². The average molecular weight is 484 g/mol. The highest BCUT2D eigenvalue weighted by Crippen LogP contribution is 2.30. The van der Waals surface area contributed by atoms with Crippen molar-refractivity contribution in [3.05, 3.63) is 89.4 Å². The number of nitrogens with zero attached hydrogens (tertiary/aromatic N) is 5. The first-order chi connectivity index (χ1) is 17.6. The molecule has 0 amide bonds. The number of rotatable bonds is 9. The van der Waals surface area contributed by atoms with E-state index >= 15 is 0 Å². The van der Waals surface area contributed by atoms with E-state index in [4.69, 9.17) is 14.7 Å². The van der Waals surface area contributed by atoms with Gasteiger partial charge in [0, 0.05) is 38.4 Å². The summed E-state index contributed by atoms with van der Waals surface area (Å²) in [6, 6.07) is 23.5. The van der Waals surface area contributed by atoms with Crippen molar-refractivity contribution in [2.45, 2.75) is 47.0 Å². The standard InChI is InChI=1S/C30H37N5O/c1-23(2)19-35-27-18-24(3)31-30(29(27)32-28(35)22-33-14-16-36-17-15-33)34(20-25-10-6-4-7-11-25)21-26-12-8-5-9-13-26/h4-13,18,23H,14-17,19-22H2,1-3H3. The topological polar surface area (TPSA) is 46.4 Å². The Morgan fingerprint density at radius 1 is 0.889 bits per heavy atom. The molecule has 0 saturated carbocycles. The number of morpholine rings is 1. The number of aromatic nitrogens is 3. The number of anilines is 1. The van der Waals surface area contributed by atoms with Crippen LogP contribution in [-0.2, 0) is 30.9 Å². The third-order valence-corrected chi connectivity index (χ3v) is 6.67. The molecule has 36 heavy (non-hydrogen) atoms. The number of hydrogen-bond acceptors (Lipinski definition) is 5. The minimum atomic E-state index is 0.521. The molecule has 2 aromatic carbocycles. The van der Waals surface area contributed by atoms with Crippen molar-refractivity contribution in [3.8, 4) is 0 Å². The van der Waals surface area contributed by atoms with Crippen LogP contribution in [0.15, 0.2) is 66.7 Å². The summed E-state index contributed by atoms with van der Waals surface area (Å²) in [4.78, 5) is 15.2. The highest BCUT2D eigenvalue weighted by Gasteiger charge is 2.22. The molecule has 188 valence electrons. The predicted molar refractivity (Wildman–Crippen MR) is 146 cm³/mol. The molecular weight excluding hydrogens is 446 g/mol. The van der Waals surface area contributed by atoms with Crippen molar-refractivity contribution < 1.29 is 4.74 Å². The van der Waals surface area contributed by atoms with Gasteiger partial charge < -0.3 is 14.2 Å². The van der Waals surface area contributed by atoms with Gasteiger partial charge in [0.1, 0.15) is 11.3 Å². The van der Waals surface area contributed by atoms with Crippen molar-refractivity contribution in [2.75, 3.05) is 31.2 Å². The third-order valence-electron chi connectivity index (χ3n) is 6.67. The number of ether oxygens (including phenoxy) is 1. The van der Waals surface area contributed by atoms with Crippen LogP contribution in [0.25, 0.3) is 11.0 Å². The van der Waals surface area contributed by atoms with Crippen molar-refractivity contribution in [3.63, 3.8) is 0 Å². The molecule has 0 spiro atoms. The van der Waals surface area contributed by atoms with Crippen LogP contribution in [0.4, 0.5) is 5.82 Å². The van der Waals surface area contributed by atoms with Crippen LogP contribution >= 0.6 is 0 Å². The predicted octanol–water partition coefficient (Wildman–Crippen LogP) is 5.43. The first kappa shape index (κ1) is 24.5. The number of benzene rings is 2. The molecule has 6 nitrogen and oxygen atoms in total. The maximum absolute atomic E-state index is 5.59. The lowest BCUT2D eigenvalue weighted by atomic mass is 10.1. The lowest BCUT2D eigenvalue weighted by molar-refractivity contribution is 0.0326. The Morgan fingerprint density at radius 3 is 2.08 bits per heavy atom. The average Bonchev–Trinajstić information content (AvgIpc) is 3.21. The van der Waals surface area contributed by atoms with E-state index in [0.717, 1.165) is 75.3 Å². The summed E-state index contributed by atoms with van der Waals surface area (Å²) in [6.07, 6.45) is 0. The molecule has 0 atom stereocenters. The second-order valence-corrected chi connectivity index (χ2v) is 10.2. The van der Waals surface area contributed by atoms with Crippen LogP contribution in [0.5, 0.6) is 0 Å². The number of fused-ring (bicyclic) bond motifs is 1. The fourth-order valence-electron chi connectivity index (χ4n) is 4.96. The lowest BCUT2D eigenvalue weighted by Gasteiger charge is -2.26. The molecule has 1 fully saturated rings. The fourth-order valence-corrected chi connectivity index (χ4v) is 4.96. The summed E-state index contributed by atoms with van der Waals surface area (Å²) >= 11 is 0. The van der Waals surface area contributed by atoms with Crippen LogP contribution in [0, 0.1) is 12.8 Å². The zero-order chi connectivity index (χ0) is 24.9. The Bertz CT molecular complexity index is 1220. The normalized spacial score (nSPS) is 14.6. The van der Waals surface area contributed by atoms with Gasteiger partial charge in [-0.1, -0.05) is 74.5 Å². The number of pyridine rings is 1. The van der Waals surface area contributed by atoms with Crippen LogP contribution in [0.2, 0.25) is 0 Å². The molecule has 0 unspecified atom stereocenters. The molecule has 0 bridgehead atoms. The molecule has 1 saturated heterocycles. The largest absolute Gasteiger partial charge is 0.379 e. The second kappa shape index (κ2) is 11.2. The van der Waals surface area contributed by atoms with Gasteiger partial charge in [0.15, 0.2) is 5.82 Å². The molecule has 0 radical (unpaired) electrons. The van der Waals surface area contributed by atoms with E-state index in [1.807, 2.05) is 0 Å². The molecule has 4 aromatic rings. The summed E-state index contributed by atoms with van der Waals surface area (Å²) in [5, 5.41) is 0. The molecule has 2 aromatic heterocycles. The first-order valence-corrected chi connectivity index (χ1v) is 13.1. The summed E-state index contributed by atoms with van der Waals surface area (Å²) in [7, 11) is 0. The van der Waals surface area contributed by atoms with Gasteiger partial charge in [-0.15, -0.1) is 0 Å². The van der Waals surface area contributed by atoms with Gasteiger partial charge in [-0.3, -0.25) is 4.90 Å². The van der Waals surface area contributed by atoms with Gasteiger partial charge in [0.25, 0.3) is 0 Å². The van der Waals surface area contributed by atoms with Crippen LogP contribution in [0.3, 0.4) is 0 Å². The van der Waals surface area contributed by atoms with Crippen molar-refractivity contribution in [1.29, 1.82) is 0 Å². The lowest BCUT2D eigenvalue weighted by Crippen LogP contribution is -2.36. The smallest absolute Gasteiger partial charge is 0.157 e. The van der Waals surface area contributed by atoms with Crippen LogP contribution in [0.1, 0.15) is 36.5 Å². The number of aryl methyl sites for hydroxylation is 1. The van der Waals surface area contributed by atoms with Gasteiger partial charge in [0.2, 0.25) is 0 Å². The Kier molecular flexibility index (Phi) is 7.63. The minimum Gasteiger partial charge on any atom is -0.379 e. The monoisotopic (exact) mass is 483 g/mol. The number of imidazole rings is 1. The Morgan fingerprint density at radius 2 is 1.50 bits per heavy atom. The molecule has 1 aliphatic heterocycles. The van der Waals surface area contributed by atoms with E-state index < -0.39 is 0 Å². The van der Waals surface area contributed by atoms with E-state index in [9.17, 15) is 0 Å². The molecule has 0 N–H and O–H groups in total. The minimum absolute atomic E-state index is 0.521. The molecule has 1 aliphatic rings. The molecule has 6 heteroatoms. The van der Waals surface area contributed by atoms with E-state index in [0.29, 0.717) is 5.92 Å².